The molecule has 0 bridgehead atoms. The van der Waals surface area contributed by atoms with Crippen molar-refractivity contribution in [1.29, 1.82) is 0 Å². The summed E-state index contributed by atoms with van der Waals surface area (Å²) in [5, 5.41) is 2.84. The van der Waals surface area contributed by atoms with Gasteiger partial charge in [-0.05, 0) is 146 Å². The zero-order chi connectivity index (χ0) is 36.6. The molecule has 53 heavy (non-hydrogen) atoms. The molecule has 2 aliphatic carbocycles. The van der Waals surface area contributed by atoms with Crippen molar-refractivity contribution in [3.05, 3.63) is 137 Å². The van der Waals surface area contributed by atoms with Gasteiger partial charge < -0.3 is 9.80 Å². The zero-order valence-corrected chi connectivity index (χ0v) is 32.8. The van der Waals surface area contributed by atoms with E-state index in [1.807, 2.05) is 0 Å². The predicted octanol–water partition coefficient (Wildman–Crippen LogP) is 11.1. The lowest BCUT2D eigenvalue weighted by molar-refractivity contribution is 0.392. The average molecular weight is 691 g/mol. The van der Waals surface area contributed by atoms with Gasteiger partial charge in [-0.1, -0.05) is 116 Å². The molecule has 2 aliphatic heterocycles. The Labute approximate surface area is 316 Å². The number of nitrogens with zero attached hydrogens (tertiary/aromatic N) is 2. The Morgan fingerprint density at radius 1 is 0.528 bits per heavy atom. The first-order valence-corrected chi connectivity index (χ1v) is 19.9. The van der Waals surface area contributed by atoms with Gasteiger partial charge in [0.1, 0.15) is 0 Å². The van der Waals surface area contributed by atoms with Crippen molar-refractivity contribution in [1.82, 2.24) is 0 Å². The molecule has 3 heteroatoms. The Hall–Kier alpha value is -4.76. The molecule has 0 unspecified atom stereocenters. The van der Waals surface area contributed by atoms with Gasteiger partial charge in [-0.2, -0.15) is 0 Å². The minimum Gasteiger partial charge on any atom is -0.311 e. The summed E-state index contributed by atoms with van der Waals surface area (Å²) in [5.74, 6) is 0. The highest BCUT2D eigenvalue weighted by Gasteiger charge is 2.45. The Morgan fingerprint density at radius 3 is 1.87 bits per heavy atom. The van der Waals surface area contributed by atoms with Gasteiger partial charge in [0, 0.05) is 33.8 Å². The normalized spacial score (nSPS) is 16.7. The quantitative estimate of drug-likeness (QED) is 0.167. The summed E-state index contributed by atoms with van der Waals surface area (Å²) < 4.78 is 0. The van der Waals surface area contributed by atoms with E-state index >= 15 is 0 Å². The lowest BCUT2D eigenvalue weighted by Crippen LogP contribution is -2.61. The number of hydrogen-bond donors (Lipinski definition) is 0. The molecule has 2 nitrogen and oxygen atoms in total. The SMILES string of the molecule is CC1(C)Cc2cc3c(cc2C1)N(c1ccc(C(C)(C)C)cc1)c1cccc2c1B3c1ccc(C(C)(C)C)cc1N2c1ccc2c3c(cccc13)CCC2. The van der Waals surface area contributed by atoms with E-state index < -0.39 is 0 Å². The van der Waals surface area contributed by atoms with E-state index in [-0.39, 0.29) is 23.0 Å². The highest BCUT2D eigenvalue weighted by Crippen LogP contribution is 2.49. The van der Waals surface area contributed by atoms with Crippen molar-refractivity contribution < 1.29 is 0 Å². The zero-order valence-electron chi connectivity index (χ0n) is 32.8. The largest absolute Gasteiger partial charge is 0.311 e. The van der Waals surface area contributed by atoms with Crippen LogP contribution in [0.4, 0.5) is 34.1 Å². The first-order chi connectivity index (χ1) is 25.3. The first-order valence-electron chi connectivity index (χ1n) is 19.9. The van der Waals surface area contributed by atoms with Crippen molar-refractivity contribution in [2.24, 2.45) is 5.41 Å². The molecule has 0 fully saturated rings. The van der Waals surface area contributed by atoms with Crippen LogP contribution in [0.25, 0.3) is 10.8 Å². The average Bonchev–Trinajstić information content (AvgIpc) is 3.43. The van der Waals surface area contributed by atoms with E-state index in [2.05, 4.69) is 168 Å². The summed E-state index contributed by atoms with van der Waals surface area (Å²) in [5.41, 5.74) is 21.1. The number of hydrogen-bond acceptors (Lipinski definition) is 2. The Bertz CT molecular complexity index is 2480. The highest BCUT2D eigenvalue weighted by atomic mass is 15.2. The molecule has 0 saturated heterocycles. The van der Waals surface area contributed by atoms with E-state index in [0.717, 1.165) is 25.7 Å². The van der Waals surface area contributed by atoms with Crippen molar-refractivity contribution in [2.75, 3.05) is 9.80 Å². The second-order valence-corrected chi connectivity index (χ2v) is 19.3. The molecule has 0 spiro atoms. The second kappa shape index (κ2) is 11.1. The maximum Gasteiger partial charge on any atom is 0.252 e. The smallest absolute Gasteiger partial charge is 0.252 e. The van der Waals surface area contributed by atoms with Crippen molar-refractivity contribution in [3.8, 4) is 0 Å². The highest BCUT2D eigenvalue weighted by molar-refractivity contribution is 7.00. The van der Waals surface area contributed by atoms with Crippen LogP contribution in [0.15, 0.2) is 103 Å². The number of fused-ring (bicyclic) bond motifs is 5. The van der Waals surface area contributed by atoms with E-state index in [0.29, 0.717) is 0 Å². The van der Waals surface area contributed by atoms with Crippen molar-refractivity contribution in [3.63, 3.8) is 0 Å². The minimum atomic E-state index is 0.0235. The molecule has 0 amide bonds. The van der Waals surface area contributed by atoms with E-state index in [4.69, 9.17) is 0 Å². The minimum absolute atomic E-state index is 0.0235. The van der Waals surface area contributed by atoms with Crippen LogP contribution in [-0.2, 0) is 36.5 Å². The van der Waals surface area contributed by atoms with Crippen LogP contribution in [0.3, 0.4) is 0 Å². The van der Waals surface area contributed by atoms with Gasteiger partial charge in [0.15, 0.2) is 0 Å². The molecule has 6 aromatic rings. The van der Waals surface area contributed by atoms with Gasteiger partial charge in [0.2, 0.25) is 0 Å². The fraction of sp³-hybridized carbons (Fsp3) is 0.320. The summed E-state index contributed by atoms with van der Waals surface area (Å²) in [6.45, 7) is 19.0. The Kier molecular flexibility index (Phi) is 6.91. The predicted molar refractivity (Wildman–Crippen MR) is 229 cm³/mol. The van der Waals surface area contributed by atoms with E-state index in [1.54, 1.807) is 0 Å². The topological polar surface area (TPSA) is 6.48 Å². The van der Waals surface area contributed by atoms with Crippen LogP contribution < -0.4 is 26.2 Å². The summed E-state index contributed by atoms with van der Waals surface area (Å²) in [6.07, 6.45) is 5.78. The molecule has 0 atom stereocenters. The molecule has 4 aliphatic rings. The third-order valence-corrected chi connectivity index (χ3v) is 12.8. The van der Waals surface area contributed by atoms with Gasteiger partial charge in [-0.25, -0.2) is 0 Å². The molecule has 0 aromatic heterocycles. The van der Waals surface area contributed by atoms with Crippen LogP contribution >= 0.6 is 0 Å². The Balaban J connectivity index is 1.28. The summed E-state index contributed by atoms with van der Waals surface area (Å²) in [4.78, 5) is 5.23. The Morgan fingerprint density at radius 2 is 1.15 bits per heavy atom. The lowest BCUT2D eigenvalue weighted by atomic mass is 9.33. The van der Waals surface area contributed by atoms with Crippen LogP contribution in [0.2, 0.25) is 0 Å². The van der Waals surface area contributed by atoms with E-state index in [1.165, 1.54) is 101 Å². The number of benzene rings is 6. The molecule has 6 aromatic carbocycles. The molecule has 0 saturated carbocycles. The van der Waals surface area contributed by atoms with Crippen LogP contribution in [0.5, 0.6) is 0 Å². The van der Waals surface area contributed by atoms with Gasteiger partial charge in [-0.3, -0.25) is 0 Å². The molecular weight excluding hydrogens is 639 g/mol. The van der Waals surface area contributed by atoms with Crippen LogP contribution in [-0.4, -0.2) is 6.71 Å². The maximum atomic E-state index is 2.64. The number of anilines is 6. The van der Waals surface area contributed by atoms with Crippen LogP contribution in [0.1, 0.15) is 95.2 Å². The molecule has 0 radical (unpaired) electrons. The number of rotatable bonds is 2. The molecular formula is C50H51BN2. The third-order valence-electron chi connectivity index (χ3n) is 12.8. The summed E-state index contributed by atoms with van der Waals surface area (Å²) in [6, 6.07) is 41.0. The van der Waals surface area contributed by atoms with Crippen molar-refractivity contribution >= 4 is 68.0 Å². The first kappa shape index (κ1) is 32.9. The maximum absolute atomic E-state index is 2.64. The van der Waals surface area contributed by atoms with Crippen LogP contribution in [0, 0.1) is 5.41 Å². The number of aryl methyl sites for hydroxylation is 2. The van der Waals surface area contributed by atoms with E-state index in [9.17, 15) is 0 Å². The second-order valence-electron chi connectivity index (χ2n) is 19.3. The standard InChI is InChI=1S/C50H51BN2/c1-48(2,3)35-19-22-37(23-20-35)52-42-16-11-17-43-47(42)51(40-26-33-29-50(7,8)30-34(33)27-44(40)52)39-24-21-36(49(4,5)6)28-45(39)53(43)41-25-18-32-13-9-12-31-14-10-15-38(41)46(31)32/h10-11,14-28H,9,12-13,29-30H2,1-8H3. The van der Waals surface area contributed by atoms with Gasteiger partial charge in [0.25, 0.3) is 6.71 Å². The summed E-state index contributed by atoms with van der Waals surface area (Å²) >= 11 is 0. The van der Waals surface area contributed by atoms with Crippen molar-refractivity contribution in [2.45, 2.75) is 98.3 Å². The monoisotopic (exact) mass is 690 g/mol. The fourth-order valence-corrected chi connectivity index (χ4v) is 10.2. The lowest BCUT2D eigenvalue weighted by Gasteiger charge is -2.45. The van der Waals surface area contributed by atoms with Gasteiger partial charge in [-0.15, -0.1) is 0 Å². The molecule has 10 rings (SSSR count). The van der Waals surface area contributed by atoms with Gasteiger partial charge in [0.05, 0.1) is 5.69 Å². The fourth-order valence-electron chi connectivity index (χ4n) is 10.2. The molecule has 0 N–H and O–H groups in total. The van der Waals surface area contributed by atoms with Gasteiger partial charge >= 0.3 is 0 Å². The summed E-state index contributed by atoms with van der Waals surface area (Å²) in [7, 11) is 0. The molecule has 2 heterocycles. The molecule has 264 valence electrons. The third kappa shape index (κ3) is 4.99.